The van der Waals surface area contributed by atoms with Crippen molar-refractivity contribution >= 4 is 28.8 Å². The molecule has 1 aliphatic heterocycles. The lowest BCUT2D eigenvalue weighted by molar-refractivity contribution is 0.159. The summed E-state index contributed by atoms with van der Waals surface area (Å²) in [5.41, 5.74) is 4.88. The van der Waals surface area contributed by atoms with Crippen molar-refractivity contribution in [1.29, 1.82) is 0 Å². The first-order valence-electron chi connectivity index (χ1n) is 7.97. The van der Waals surface area contributed by atoms with Crippen molar-refractivity contribution in [3.8, 4) is 5.69 Å². The summed E-state index contributed by atoms with van der Waals surface area (Å²) in [7, 11) is 2.16. The maximum atomic E-state index is 4.68. The van der Waals surface area contributed by atoms with E-state index in [9.17, 15) is 0 Å². The van der Waals surface area contributed by atoms with Crippen LogP contribution in [0.25, 0.3) is 5.69 Å². The van der Waals surface area contributed by atoms with E-state index in [0.29, 0.717) is 0 Å². The number of hydrogen-bond acceptors (Lipinski definition) is 3. The molecule has 0 unspecified atom stereocenters. The van der Waals surface area contributed by atoms with Crippen LogP contribution in [-0.2, 0) is 0 Å². The smallest absolute Gasteiger partial charge is 0.0561 e. The Kier molecular flexibility index (Phi) is 5.06. The Morgan fingerprint density at radius 1 is 1.04 bits per heavy atom. The molecular formula is C18H23IN4. The molecule has 1 aliphatic rings. The number of aromatic nitrogens is 1. The SMILES string of the molecule is Cc1cc(/C=N/N2CCN(C)CC2)c(C)n1-c1ccc(I)cc1. The van der Waals surface area contributed by atoms with Gasteiger partial charge >= 0.3 is 0 Å². The zero-order valence-electron chi connectivity index (χ0n) is 14.0. The van der Waals surface area contributed by atoms with Gasteiger partial charge in [-0.15, -0.1) is 0 Å². The Bertz CT molecular complexity index is 695. The minimum absolute atomic E-state index is 1.00. The molecule has 4 nitrogen and oxygen atoms in total. The number of aryl methyl sites for hydroxylation is 1. The Hall–Kier alpha value is -1.34. The number of hydrogen-bond donors (Lipinski definition) is 0. The third-order valence-corrected chi connectivity index (χ3v) is 5.11. The monoisotopic (exact) mass is 422 g/mol. The maximum absolute atomic E-state index is 4.68. The van der Waals surface area contributed by atoms with Crippen LogP contribution in [0, 0.1) is 17.4 Å². The second-order valence-corrected chi connectivity index (χ2v) is 7.39. The molecule has 0 saturated carbocycles. The molecule has 3 rings (SSSR count). The summed E-state index contributed by atoms with van der Waals surface area (Å²) in [4.78, 5) is 2.34. The van der Waals surface area contributed by atoms with Crippen LogP contribution in [0.1, 0.15) is 17.0 Å². The lowest BCUT2D eigenvalue weighted by atomic mass is 10.2. The van der Waals surface area contributed by atoms with Gasteiger partial charge in [0.05, 0.1) is 6.21 Å². The molecule has 1 saturated heterocycles. The number of piperazine rings is 1. The second-order valence-electron chi connectivity index (χ2n) is 6.14. The van der Waals surface area contributed by atoms with Gasteiger partial charge in [0.15, 0.2) is 0 Å². The van der Waals surface area contributed by atoms with Crippen LogP contribution < -0.4 is 0 Å². The van der Waals surface area contributed by atoms with E-state index < -0.39 is 0 Å². The van der Waals surface area contributed by atoms with Crippen LogP contribution in [-0.4, -0.2) is 53.9 Å². The summed E-state index contributed by atoms with van der Waals surface area (Å²) in [6.45, 7) is 8.48. The quantitative estimate of drug-likeness (QED) is 0.560. The van der Waals surface area contributed by atoms with Crippen LogP contribution in [0.15, 0.2) is 35.4 Å². The van der Waals surface area contributed by atoms with Crippen molar-refractivity contribution in [2.45, 2.75) is 13.8 Å². The Morgan fingerprint density at radius 3 is 2.35 bits per heavy atom. The van der Waals surface area contributed by atoms with Gasteiger partial charge in [-0.2, -0.15) is 5.10 Å². The highest BCUT2D eigenvalue weighted by Gasteiger charge is 2.12. The highest BCUT2D eigenvalue weighted by Crippen LogP contribution is 2.20. The predicted octanol–water partition coefficient (Wildman–Crippen LogP) is 3.28. The van der Waals surface area contributed by atoms with Gasteiger partial charge in [0.25, 0.3) is 0 Å². The van der Waals surface area contributed by atoms with Crippen molar-refractivity contribution in [3.63, 3.8) is 0 Å². The highest BCUT2D eigenvalue weighted by atomic mass is 127. The van der Waals surface area contributed by atoms with E-state index in [1.807, 2.05) is 6.21 Å². The third kappa shape index (κ3) is 3.77. The Morgan fingerprint density at radius 2 is 1.70 bits per heavy atom. The van der Waals surface area contributed by atoms with Crippen molar-refractivity contribution in [1.82, 2.24) is 14.5 Å². The molecule has 0 spiro atoms. The molecule has 23 heavy (non-hydrogen) atoms. The molecule has 122 valence electrons. The van der Waals surface area contributed by atoms with Gasteiger partial charge in [0, 0.05) is 52.4 Å². The average Bonchev–Trinajstić information content (AvgIpc) is 2.82. The van der Waals surface area contributed by atoms with Gasteiger partial charge in [0.2, 0.25) is 0 Å². The van der Waals surface area contributed by atoms with E-state index in [-0.39, 0.29) is 0 Å². The third-order valence-electron chi connectivity index (χ3n) is 4.39. The Balaban J connectivity index is 1.82. The molecule has 0 N–H and O–H groups in total. The second kappa shape index (κ2) is 7.05. The maximum Gasteiger partial charge on any atom is 0.0561 e. The van der Waals surface area contributed by atoms with E-state index in [1.54, 1.807) is 0 Å². The van der Waals surface area contributed by atoms with Gasteiger partial charge in [-0.05, 0) is 73.8 Å². The topological polar surface area (TPSA) is 23.8 Å². The molecule has 0 radical (unpaired) electrons. The van der Waals surface area contributed by atoms with E-state index in [1.165, 1.54) is 26.2 Å². The number of benzene rings is 1. The standard InChI is InChI=1S/C18H23IN4/c1-14-12-16(13-20-22-10-8-21(3)9-11-22)15(2)23(14)18-6-4-17(19)5-7-18/h4-7,12-13H,8-11H2,1-3H3/b20-13+. The number of nitrogens with zero attached hydrogens (tertiary/aromatic N) is 4. The molecule has 0 aliphatic carbocycles. The van der Waals surface area contributed by atoms with E-state index in [0.717, 1.165) is 26.2 Å². The summed E-state index contributed by atoms with van der Waals surface area (Å²) in [6.07, 6.45) is 2.01. The first-order valence-corrected chi connectivity index (χ1v) is 9.05. The lowest BCUT2D eigenvalue weighted by Crippen LogP contribution is -2.41. The summed E-state index contributed by atoms with van der Waals surface area (Å²) in [5.74, 6) is 0. The molecule has 0 bridgehead atoms. The number of hydrazone groups is 1. The van der Waals surface area contributed by atoms with Crippen molar-refractivity contribution < 1.29 is 0 Å². The summed E-state index contributed by atoms with van der Waals surface area (Å²) in [5, 5.41) is 6.84. The fourth-order valence-electron chi connectivity index (χ4n) is 2.96. The van der Waals surface area contributed by atoms with Crippen LogP contribution in [0.2, 0.25) is 0 Å². The van der Waals surface area contributed by atoms with Crippen LogP contribution in [0.3, 0.4) is 0 Å². The molecule has 2 aromatic rings. The van der Waals surface area contributed by atoms with Gasteiger partial charge < -0.3 is 9.47 Å². The number of rotatable bonds is 3. The van der Waals surface area contributed by atoms with E-state index in [2.05, 4.69) is 93.4 Å². The first kappa shape index (κ1) is 16.5. The summed E-state index contributed by atoms with van der Waals surface area (Å²) in [6, 6.07) is 10.8. The van der Waals surface area contributed by atoms with Crippen LogP contribution in [0.5, 0.6) is 0 Å². The van der Waals surface area contributed by atoms with E-state index in [4.69, 9.17) is 0 Å². The summed E-state index contributed by atoms with van der Waals surface area (Å²) < 4.78 is 3.55. The largest absolute Gasteiger partial charge is 0.318 e. The molecule has 1 fully saturated rings. The summed E-state index contributed by atoms with van der Waals surface area (Å²) >= 11 is 2.34. The zero-order valence-corrected chi connectivity index (χ0v) is 16.1. The number of halogens is 1. The molecule has 5 heteroatoms. The molecule has 1 aromatic heterocycles. The van der Waals surface area contributed by atoms with Gasteiger partial charge in [-0.3, -0.25) is 5.01 Å². The van der Waals surface area contributed by atoms with Crippen LogP contribution >= 0.6 is 22.6 Å². The normalized spacial score (nSPS) is 16.4. The fourth-order valence-corrected chi connectivity index (χ4v) is 3.32. The molecule has 0 atom stereocenters. The predicted molar refractivity (Wildman–Crippen MR) is 105 cm³/mol. The zero-order chi connectivity index (χ0) is 16.4. The number of likely N-dealkylation sites (N-methyl/N-ethyl adjacent to an activating group) is 1. The van der Waals surface area contributed by atoms with Gasteiger partial charge in [0.1, 0.15) is 0 Å². The van der Waals surface area contributed by atoms with E-state index >= 15 is 0 Å². The van der Waals surface area contributed by atoms with Gasteiger partial charge in [-0.25, -0.2) is 0 Å². The van der Waals surface area contributed by atoms with Crippen molar-refractivity contribution in [3.05, 3.63) is 50.9 Å². The van der Waals surface area contributed by atoms with Gasteiger partial charge in [-0.1, -0.05) is 0 Å². The van der Waals surface area contributed by atoms with Crippen molar-refractivity contribution in [2.75, 3.05) is 33.2 Å². The Labute approximate surface area is 151 Å². The minimum atomic E-state index is 1.00. The molecule has 2 heterocycles. The highest BCUT2D eigenvalue weighted by molar-refractivity contribution is 14.1. The average molecular weight is 422 g/mol. The first-order chi connectivity index (χ1) is 11.0. The lowest BCUT2D eigenvalue weighted by Gasteiger charge is -2.30. The van der Waals surface area contributed by atoms with Crippen molar-refractivity contribution in [2.24, 2.45) is 5.10 Å². The molecular weight excluding hydrogens is 399 g/mol. The molecule has 0 amide bonds. The fraction of sp³-hybridized carbons (Fsp3) is 0.389. The minimum Gasteiger partial charge on any atom is -0.318 e. The molecule has 1 aromatic carbocycles. The van der Waals surface area contributed by atoms with Crippen LogP contribution in [0.4, 0.5) is 0 Å².